The van der Waals surface area contributed by atoms with E-state index < -0.39 is 36.3 Å². The lowest BCUT2D eigenvalue weighted by atomic mass is 10.0. The lowest BCUT2D eigenvalue weighted by Crippen LogP contribution is -2.54. The molecule has 1 heterocycles. The molecule has 2 fully saturated rings. The number of fused-ring (bicyclic) bond motifs is 1. The van der Waals surface area contributed by atoms with Gasteiger partial charge in [-0.05, 0) is 0 Å². The molecule has 6 nitrogen and oxygen atoms in total. The van der Waals surface area contributed by atoms with E-state index in [1.807, 2.05) is 0 Å². The second-order valence-corrected chi connectivity index (χ2v) is 3.43. The Labute approximate surface area is 74.3 Å². The van der Waals surface area contributed by atoms with Crippen LogP contribution < -0.4 is 0 Å². The number of hydrogen-bond donors (Lipinski definition) is 4. The van der Waals surface area contributed by atoms with Crippen molar-refractivity contribution in [2.24, 2.45) is 0 Å². The lowest BCUT2D eigenvalue weighted by molar-refractivity contribution is -0.263. The van der Waals surface area contributed by atoms with E-state index in [0.29, 0.717) is 0 Å². The zero-order valence-electron chi connectivity index (χ0n) is 6.99. The third-order valence-electron chi connectivity index (χ3n) is 2.70. The monoisotopic (exact) mass is 192 g/mol. The van der Waals surface area contributed by atoms with Gasteiger partial charge in [-0.2, -0.15) is 0 Å². The molecule has 0 spiro atoms. The Bertz CT molecular complexity index is 221. The average molecular weight is 192 g/mol. The van der Waals surface area contributed by atoms with E-state index in [0.717, 1.165) is 0 Å². The van der Waals surface area contributed by atoms with Crippen molar-refractivity contribution in [1.29, 1.82) is 0 Å². The van der Waals surface area contributed by atoms with Gasteiger partial charge in [0.25, 0.3) is 0 Å². The van der Waals surface area contributed by atoms with E-state index in [1.54, 1.807) is 0 Å². The molecule has 13 heavy (non-hydrogen) atoms. The maximum atomic E-state index is 9.53. The number of ether oxygens (including phenoxy) is 2. The molecule has 1 aliphatic carbocycles. The summed E-state index contributed by atoms with van der Waals surface area (Å²) in [6.07, 6.45) is -5.81. The summed E-state index contributed by atoms with van der Waals surface area (Å²) in [5.41, 5.74) is -1.73. The fourth-order valence-electron chi connectivity index (χ4n) is 1.71. The predicted octanol–water partition coefficient (Wildman–Crippen LogP) is -2.81. The second kappa shape index (κ2) is 2.63. The highest BCUT2D eigenvalue weighted by atomic mass is 16.7. The number of aliphatic hydroxyl groups excluding tert-OH is 3. The minimum absolute atomic E-state index is 0.865. The summed E-state index contributed by atoms with van der Waals surface area (Å²) in [6.45, 7) is 0. The molecule has 0 radical (unpaired) electrons. The summed E-state index contributed by atoms with van der Waals surface area (Å²) in [4.78, 5) is 0. The van der Waals surface area contributed by atoms with Crippen molar-refractivity contribution in [3.63, 3.8) is 0 Å². The maximum Gasteiger partial charge on any atom is 0.186 e. The Morgan fingerprint density at radius 3 is 2.38 bits per heavy atom. The number of methoxy groups -OCH3 is 1. The smallest absolute Gasteiger partial charge is 0.186 e. The first kappa shape index (κ1) is 9.32. The zero-order chi connectivity index (χ0) is 9.80. The summed E-state index contributed by atoms with van der Waals surface area (Å²) in [5.74, 6) is 0. The SMILES string of the molecule is COC1OC2C(O)C2(O)C(O)C1O. The van der Waals surface area contributed by atoms with Crippen molar-refractivity contribution >= 4 is 0 Å². The molecular weight excluding hydrogens is 180 g/mol. The van der Waals surface area contributed by atoms with Crippen molar-refractivity contribution in [3.8, 4) is 0 Å². The number of hydrogen-bond acceptors (Lipinski definition) is 6. The van der Waals surface area contributed by atoms with Gasteiger partial charge in [0, 0.05) is 7.11 Å². The lowest BCUT2D eigenvalue weighted by Gasteiger charge is -2.33. The molecular formula is C7H12O6. The Morgan fingerprint density at radius 2 is 1.85 bits per heavy atom. The van der Waals surface area contributed by atoms with Gasteiger partial charge < -0.3 is 29.9 Å². The number of aliphatic hydroxyl groups is 4. The van der Waals surface area contributed by atoms with E-state index in [2.05, 4.69) is 0 Å². The molecule has 0 aromatic carbocycles. The van der Waals surface area contributed by atoms with Gasteiger partial charge in [-0.3, -0.25) is 0 Å². The quantitative estimate of drug-likeness (QED) is 0.358. The van der Waals surface area contributed by atoms with Crippen molar-refractivity contribution in [1.82, 2.24) is 0 Å². The molecule has 76 valence electrons. The first-order chi connectivity index (χ1) is 6.03. The van der Waals surface area contributed by atoms with Gasteiger partial charge in [0.15, 0.2) is 11.9 Å². The highest BCUT2D eigenvalue weighted by Gasteiger charge is 2.74. The van der Waals surface area contributed by atoms with Gasteiger partial charge in [-0.15, -0.1) is 0 Å². The van der Waals surface area contributed by atoms with Crippen LogP contribution in [-0.2, 0) is 9.47 Å². The van der Waals surface area contributed by atoms with E-state index in [1.165, 1.54) is 7.11 Å². The normalized spacial score (nSPS) is 60.2. The van der Waals surface area contributed by atoms with Crippen molar-refractivity contribution in [2.45, 2.75) is 36.3 Å². The minimum atomic E-state index is -1.73. The molecule has 6 unspecified atom stereocenters. The van der Waals surface area contributed by atoms with E-state index in [4.69, 9.17) is 9.47 Å². The van der Waals surface area contributed by atoms with Crippen LogP contribution in [0.15, 0.2) is 0 Å². The van der Waals surface area contributed by atoms with Crippen LogP contribution in [0.4, 0.5) is 0 Å². The number of rotatable bonds is 1. The topological polar surface area (TPSA) is 99.4 Å². The molecule has 0 aromatic rings. The third-order valence-corrected chi connectivity index (χ3v) is 2.70. The molecule has 2 aliphatic rings. The fraction of sp³-hybridized carbons (Fsp3) is 1.00. The molecule has 2 rings (SSSR count). The summed E-state index contributed by atoms with van der Waals surface area (Å²) in [6, 6.07) is 0. The van der Waals surface area contributed by atoms with Crippen LogP contribution in [0.25, 0.3) is 0 Å². The van der Waals surface area contributed by atoms with E-state index >= 15 is 0 Å². The average Bonchev–Trinajstić information content (AvgIpc) is 2.65. The highest BCUT2D eigenvalue weighted by Crippen LogP contribution is 2.48. The molecule has 0 aromatic heterocycles. The molecule has 1 saturated carbocycles. The summed E-state index contributed by atoms with van der Waals surface area (Å²) in [7, 11) is 1.31. The van der Waals surface area contributed by atoms with E-state index in [9.17, 15) is 20.4 Å². The van der Waals surface area contributed by atoms with Crippen molar-refractivity contribution in [2.75, 3.05) is 7.11 Å². The predicted molar refractivity (Wildman–Crippen MR) is 38.6 cm³/mol. The van der Waals surface area contributed by atoms with Gasteiger partial charge in [0.05, 0.1) is 0 Å². The van der Waals surface area contributed by atoms with Crippen LogP contribution in [0, 0.1) is 0 Å². The largest absolute Gasteiger partial charge is 0.387 e. The second-order valence-electron chi connectivity index (χ2n) is 3.43. The summed E-state index contributed by atoms with van der Waals surface area (Å²) < 4.78 is 9.68. The molecule has 1 aliphatic heterocycles. The third kappa shape index (κ3) is 0.983. The Hall–Kier alpha value is -0.240. The Kier molecular flexibility index (Phi) is 1.88. The highest BCUT2D eigenvalue weighted by molar-refractivity contribution is 5.23. The van der Waals surface area contributed by atoms with Crippen LogP contribution in [-0.4, -0.2) is 63.8 Å². The Balaban J connectivity index is 2.17. The van der Waals surface area contributed by atoms with Crippen LogP contribution in [0.1, 0.15) is 0 Å². The molecule has 0 amide bonds. The minimum Gasteiger partial charge on any atom is -0.387 e. The Morgan fingerprint density at radius 1 is 1.23 bits per heavy atom. The molecule has 0 bridgehead atoms. The van der Waals surface area contributed by atoms with Gasteiger partial charge >= 0.3 is 0 Å². The van der Waals surface area contributed by atoms with Gasteiger partial charge in [0.1, 0.15) is 24.4 Å². The van der Waals surface area contributed by atoms with Crippen LogP contribution in [0.2, 0.25) is 0 Å². The van der Waals surface area contributed by atoms with Crippen LogP contribution in [0.3, 0.4) is 0 Å². The summed E-state index contributed by atoms with van der Waals surface area (Å²) >= 11 is 0. The fourth-order valence-corrected chi connectivity index (χ4v) is 1.71. The van der Waals surface area contributed by atoms with Gasteiger partial charge in [-0.25, -0.2) is 0 Å². The first-order valence-electron chi connectivity index (χ1n) is 3.98. The molecule has 6 atom stereocenters. The van der Waals surface area contributed by atoms with Crippen molar-refractivity contribution in [3.05, 3.63) is 0 Å². The first-order valence-corrected chi connectivity index (χ1v) is 3.98. The zero-order valence-corrected chi connectivity index (χ0v) is 6.99. The van der Waals surface area contributed by atoms with Gasteiger partial charge in [-0.1, -0.05) is 0 Å². The van der Waals surface area contributed by atoms with Gasteiger partial charge in [0.2, 0.25) is 0 Å². The van der Waals surface area contributed by atoms with E-state index in [-0.39, 0.29) is 0 Å². The maximum absolute atomic E-state index is 9.53. The summed E-state index contributed by atoms with van der Waals surface area (Å²) in [5, 5.41) is 37.5. The van der Waals surface area contributed by atoms with Crippen molar-refractivity contribution < 1.29 is 29.9 Å². The molecule has 1 saturated heterocycles. The molecule has 4 N–H and O–H groups in total. The standard InChI is InChI=1S/C7H12O6/c1-12-6-2(8)3(9)7(11)4(10)5(7)13-6/h2-6,8-11H,1H3. The van der Waals surface area contributed by atoms with Crippen LogP contribution in [0.5, 0.6) is 0 Å². The van der Waals surface area contributed by atoms with Crippen LogP contribution >= 0.6 is 0 Å². The molecule has 6 heteroatoms.